The van der Waals surface area contributed by atoms with E-state index in [1.165, 1.54) is 30.3 Å². The van der Waals surface area contributed by atoms with E-state index in [2.05, 4.69) is 10.0 Å². The van der Waals surface area contributed by atoms with Gasteiger partial charge in [-0.1, -0.05) is 43.7 Å². The van der Waals surface area contributed by atoms with Crippen molar-refractivity contribution in [1.29, 1.82) is 0 Å². The summed E-state index contributed by atoms with van der Waals surface area (Å²) in [5.74, 6) is -1.98. The first-order valence-corrected chi connectivity index (χ1v) is 11.8. The van der Waals surface area contributed by atoms with Gasteiger partial charge in [-0.15, -0.1) is 0 Å². The van der Waals surface area contributed by atoms with E-state index in [0.29, 0.717) is 23.4 Å². The highest BCUT2D eigenvalue weighted by Gasteiger charge is 2.12. The van der Waals surface area contributed by atoms with Gasteiger partial charge >= 0.3 is 11.9 Å². The number of esters is 2. The number of anilines is 1. The fraction of sp³-hybridized carbons (Fsp3) is 0.261. The molecule has 2 rings (SSSR count). The molecular formula is C23H26N2O7S. The average Bonchev–Trinajstić information content (AvgIpc) is 2.81. The molecule has 0 saturated heterocycles. The minimum atomic E-state index is -3.85. The van der Waals surface area contributed by atoms with Crippen LogP contribution in [0.2, 0.25) is 0 Å². The third kappa shape index (κ3) is 10.1. The molecule has 0 aliphatic carbocycles. The summed E-state index contributed by atoms with van der Waals surface area (Å²) in [6, 6.07) is 14.8. The molecule has 2 N–H and O–H groups in total. The van der Waals surface area contributed by atoms with Crippen LogP contribution in [0.4, 0.5) is 5.69 Å². The first-order chi connectivity index (χ1) is 15.8. The predicted molar refractivity (Wildman–Crippen MR) is 124 cm³/mol. The minimum Gasteiger partial charge on any atom is -0.462 e. The van der Waals surface area contributed by atoms with Gasteiger partial charge in [0.05, 0.1) is 12.2 Å². The topological polar surface area (TPSA) is 128 Å². The SMILES string of the molecule is CCCCOC(=O)c1ccc(NC(=O)COC(=O)CNS(=O)(=O)/C=C/c2ccccc2)cc1. The molecule has 0 heterocycles. The summed E-state index contributed by atoms with van der Waals surface area (Å²) >= 11 is 0. The van der Waals surface area contributed by atoms with Crippen molar-refractivity contribution in [2.45, 2.75) is 19.8 Å². The number of carbonyl (C=O) groups excluding carboxylic acids is 3. The van der Waals surface area contributed by atoms with Gasteiger partial charge in [-0.25, -0.2) is 17.9 Å². The van der Waals surface area contributed by atoms with Gasteiger partial charge in [0.1, 0.15) is 6.54 Å². The average molecular weight is 475 g/mol. The molecule has 9 nitrogen and oxygen atoms in total. The maximum atomic E-state index is 11.9. The van der Waals surface area contributed by atoms with Crippen LogP contribution in [0.1, 0.15) is 35.7 Å². The Bertz CT molecular complexity index is 1070. The first kappa shape index (κ1) is 25.8. The molecule has 0 fully saturated rings. The van der Waals surface area contributed by atoms with Gasteiger partial charge in [-0.05, 0) is 42.3 Å². The molecule has 0 aliphatic heterocycles. The van der Waals surface area contributed by atoms with Gasteiger partial charge in [0, 0.05) is 11.1 Å². The van der Waals surface area contributed by atoms with E-state index in [0.717, 1.165) is 18.2 Å². The van der Waals surface area contributed by atoms with Gasteiger partial charge in [0.25, 0.3) is 5.91 Å². The lowest BCUT2D eigenvalue weighted by molar-refractivity contribution is -0.146. The van der Waals surface area contributed by atoms with Crippen molar-refractivity contribution < 1.29 is 32.3 Å². The highest BCUT2D eigenvalue weighted by molar-refractivity contribution is 7.92. The number of ether oxygens (including phenoxy) is 2. The molecule has 0 unspecified atom stereocenters. The lowest BCUT2D eigenvalue weighted by Gasteiger charge is -2.08. The van der Waals surface area contributed by atoms with E-state index in [1.807, 2.05) is 6.92 Å². The Morgan fingerprint density at radius 2 is 1.67 bits per heavy atom. The van der Waals surface area contributed by atoms with Crippen molar-refractivity contribution in [2.24, 2.45) is 0 Å². The third-order valence-corrected chi connectivity index (χ3v) is 5.20. The summed E-state index contributed by atoms with van der Waals surface area (Å²) in [7, 11) is -3.85. The molecule has 2 aromatic carbocycles. The van der Waals surface area contributed by atoms with E-state index < -0.39 is 41.0 Å². The number of carbonyl (C=O) groups is 3. The van der Waals surface area contributed by atoms with Crippen LogP contribution in [0.15, 0.2) is 60.0 Å². The van der Waals surface area contributed by atoms with Crippen molar-refractivity contribution in [2.75, 3.05) is 25.1 Å². The highest BCUT2D eigenvalue weighted by atomic mass is 32.2. The Kier molecular flexibility index (Phi) is 10.3. The fourth-order valence-corrected chi connectivity index (χ4v) is 3.17. The number of sulfonamides is 1. The van der Waals surface area contributed by atoms with Crippen molar-refractivity contribution in [3.05, 3.63) is 71.1 Å². The van der Waals surface area contributed by atoms with Crippen LogP contribution >= 0.6 is 0 Å². The van der Waals surface area contributed by atoms with Gasteiger partial charge in [-0.2, -0.15) is 0 Å². The molecule has 0 bridgehead atoms. The Hall–Kier alpha value is -3.50. The normalized spacial score (nSPS) is 11.2. The Morgan fingerprint density at radius 3 is 2.33 bits per heavy atom. The van der Waals surface area contributed by atoms with Gasteiger partial charge in [0.15, 0.2) is 6.61 Å². The molecule has 0 spiro atoms. The number of hydrogen-bond donors (Lipinski definition) is 2. The number of amides is 1. The molecule has 0 saturated carbocycles. The largest absolute Gasteiger partial charge is 0.462 e. The second-order valence-corrected chi connectivity index (χ2v) is 8.51. The lowest BCUT2D eigenvalue weighted by atomic mass is 10.2. The molecule has 0 aliphatic rings. The van der Waals surface area contributed by atoms with Crippen LogP contribution in [0.5, 0.6) is 0 Å². The van der Waals surface area contributed by atoms with Gasteiger partial charge in [0.2, 0.25) is 10.0 Å². The maximum Gasteiger partial charge on any atom is 0.338 e. The molecule has 2 aromatic rings. The van der Waals surface area contributed by atoms with E-state index in [1.54, 1.807) is 30.3 Å². The van der Waals surface area contributed by atoms with Crippen LogP contribution in [-0.4, -0.2) is 46.0 Å². The van der Waals surface area contributed by atoms with Crippen LogP contribution in [0.3, 0.4) is 0 Å². The molecule has 0 aromatic heterocycles. The molecule has 33 heavy (non-hydrogen) atoms. The van der Waals surface area contributed by atoms with Crippen molar-refractivity contribution in [3.8, 4) is 0 Å². The first-order valence-electron chi connectivity index (χ1n) is 10.2. The van der Waals surface area contributed by atoms with Crippen molar-refractivity contribution in [1.82, 2.24) is 4.72 Å². The minimum absolute atomic E-state index is 0.346. The zero-order valence-corrected chi connectivity index (χ0v) is 19.0. The fourth-order valence-electron chi connectivity index (χ4n) is 2.42. The molecular weight excluding hydrogens is 448 g/mol. The number of benzene rings is 2. The van der Waals surface area contributed by atoms with E-state index in [-0.39, 0.29) is 0 Å². The maximum absolute atomic E-state index is 11.9. The smallest absolute Gasteiger partial charge is 0.338 e. The Morgan fingerprint density at radius 1 is 0.970 bits per heavy atom. The Labute approximate surface area is 192 Å². The Balaban J connectivity index is 1.72. The van der Waals surface area contributed by atoms with Gasteiger partial charge < -0.3 is 14.8 Å². The van der Waals surface area contributed by atoms with Crippen LogP contribution in [0.25, 0.3) is 6.08 Å². The lowest BCUT2D eigenvalue weighted by Crippen LogP contribution is -2.31. The second-order valence-electron chi connectivity index (χ2n) is 6.86. The summed E-state index contributed by atoms with van der Waals surface area (Å²) < 4.78 is 35.8. The second kappa shape index (κ2) is 13.1. The number of hydrogen-bond acceptors (Lipinski definition) is 7. The highest BCUT2D eigenvalue weighted by Crippen LogP contribution is 2.11. The van der Waals surface area contributed by atoms with E-state index in [4.69, 9.17) is 9.47 Å². The summed E-state index contributed by atoms with van der Waals surface area (Å²) in [6.45, 7) is 1.12. The van der Waals surface area contributed by atoms with Crippen LogP contribution in [-0.2, 0) is 29.1 Å². The van der Waals surface area contributed by atoms with E-state index in [9.17, 15) is 22.8 Å². The molecule has 1 amide bonds. The quantitative estimate of drug-likeness (QED) is 0.358. The number of nitrogens with one attached hydrogen (secondary N) is 2. The summed E-state index contributed by atoms with van der Waals surface area (Å²) in [5.41, 5.74) is 1.43. The molecule has 0 atom stereocenters. The van der Waals surface area contributed by atoms with E-state index >= 15 is 0 Å². The van der Waals surface area contributed by atoms with Crippen molar-refractivity contribution in [3.63, 3.8) is 0 Å². The van der Waals surface area contributed by atoms with Gasteiger partial charge in [-0.3, -0.25) is 9.59 Å². The molecule has 10 heteroatoms. The zero-order chi connectivity index (χ0) is 24.1. The summed E-state index contributed by atoms with van der Waals surface area (Å²) in [4.78, 5) is 35.5. The van der Waals surface area contributed by atoms with Crippen LogP contribution in [0, 0.1) is 0 Å². The summed E-state index contributed by atoms with van der Waals surface area (Å²) in [5, 5.41) is 3.44. The number of unbranched alkanes of at least 4 members (excludes halogenated alkanes) is 1. The molecule has 176 valence electrons. The van der Waals surface area contributed by atoms with Crippen LogP contribution < -0.4 is 10.0 Å². The van der Waals surface area contributed by atoms with Crippen molar-refractivity contribution >= 4 is 39.6 Å². The zero-order valence-electron chi connectivity index (χ0n) is 18.2. The standard InChI is InChI=1S/C23H26N2O7S/c1-2-3-14-31-23(28)19-9-11-20(12-10-19)25-21(26)17-32-22(27)16-24-33(29,30)15-13-18-7-5-4-6-8-18/h4-13,15,24H,2-3,14,16-17H2,1H3,(H,25,26)/b15-13+. The molecule has 0 radical (unpaired) electrons. The number of rotatable bonds is 12. The predicted octanol–water partition coefficient (Wildman–Crippen LogP) is 2.72. The monoisotopic (exact) mass is 474 g/mol. The summed E-state index contributed by atoms with van der Waals surface area (Å²) in [6.07, 6.45) is 3.09. The third-order valence-electron chi connectivity index (χ3n) is 4.16.